The van der Waals surface area contributed by atoms with Crippen LogP contribution in [0.5, 0.6) is 0 Å². The summed E-state index contributed by atoms with van der Waals surface area (Å²) in [7, 11) is 0. The van der Waals surface area contributed by atoms with Gasteiger partial charge in [-0.3, -0.25) is 4.40 Å². The standard InChI is InChI=1S/C8H5N5/c1-2-9-8-12-7-6(10-5-11-7)4-13(8)3-1/h1-5H. The lowest BCUT2D eigenvalue weighted by Crippen LogP contribution is -1.97. The Balaban J connectivity index is 2.52. The summed E-state index contributed by atoms with van der Waals surface area (Å²) in [6.07, 6.45) is 6.93. The summed E-state index contributed by atoms with van der Waals surface area (Å²) in [6, 6.07) is 1.84. The first-order valence-corrected chi connectivity index (χ1v) is 3.84. The van der Waals surface area contributed by atoms with Gasteiger partial charge < -0.3 is 0 Å². The maximum Gasteiger partial charge on any atom is 0.235 e. The minimum Gasteiger partial charge on any atom is -0.290 e. The molecule has 0 spiro atoms. The number of aromatic nitrogens is 5. The van der Waals surface area contributed by atoms with Crippen LogP contribution in [-0.2, 0) is 0 Å². The maximum absolute atomic E-state index is 4.22. The van der Waals surface area contributed by atoms with Crippen LogP contribution < -0.4 is 0 Å². The molecule has 2 aliphatic rings. The van der Waals surface area contributed by atoms with Crippen LogP contribution in [0.1, 0.15) is 0 Å². The molecule has 0 N–H and O–H groups in total. The van der Waals surface area contributed by atoms with Crippen LogP contribution in [0.25, 0.3) is 17.3 Å². The van der Waals surface area contributed by atoms with Crippen molar-refractivity contribution in [1.29, 1.82) is 0 Å². The molecule has 0 saturated heterocycles. The second-order valence-corrected chi connectivity index (χ2v) is 2.65. The Morgan fingerprint density at radius 1 is 1.15 bits per heavy atom. The second-order valence-electron chi connectivity index (χ2n) is 2.65. The van der Waals surface area contributed by atoms with Crippen molar-refractivity contribution in [2.24, 2.45) is 0 Å². The van der Waals surface area contributed by atoms with Gasteiger partial charge in [0.1, 0.15) is 12.0 Å². The molecule has 1 aromatic heterocycles. The molecule has 0 atom stereocenters. The zero-order valence-corrected chi connectivity index (χ0v) is 6.62. The molecular weight excluding hydrogens is 166 g/mol. The normalized spacial score (nSPS) is 11.1. The van der Waals surface area contributed by atoms with Crippen molar-refractivity contribution >= 4 is 5.78 Å². The minimum absolute atomic E-state index is 0.635. The van der Waals surface area contributed by atoms with Crippen molar-refractivity contribution < 1.29 is 0 Å². The molecule has 62 valence electrons. The van der Waals surface area contributed by atoms with Crippen LogP contribution in [0.15, 0.2) is 31.0 Å². The average Bonchev–Trinajstić information content (AvgIpc) is 2.61. The summed E-state index contributed by atoms with van der Waals surface area (Å²) in [5, 5.41) is 0. The Morgan fingerprint density at radius 2 is 2.15 bits per heavy atom. The third kappa shape index (κ3) is 0.868. The molecule has 5 heteroatoms. The molecule has 5 nitrogen and oxygen atoms in total. The van der Waals surface area contributed by atoms with Gasteiger partial charge in [-0.25, -0.2) is 15.0 Å². The van der Waals surface area contributed by atoms with Crippen LogP contribution in [-0.4, -0.2) is 24.3 Å². The molecule has 13 heavy (non-hydrogen) atoms. The summed E-state index contributed by atoms with van der Waals surface area (Å²) < 4.78 is 1.82. The molecule has 0 fully saturated rings. The van der Waals surface area contributed by atoms with Crippen molar-refractivity contribution in [3.8, 4) is 11.5 Å². The predicted molar refractivity (Wildman–Crippen MR) is 45.2 cm³/mol. The van der Waals surface area contributed by atoms with Crippen molar-refractivity contribution in [3.05, 3.63) is 31.0 Å². The first-order valence-electron chi connectivity index (χ1n) is 3.84. The fraction of sp³-hybridized carbons (Fsp3) is 0. The van der Waals surface area contributed by atoms with Gasteiger partial charge >= 0.3 is 0 Å². The highest BCUT2D eigenvalue weighted by atomic mass is 15.1. The van der Waals surface area contributed by atoms with Gasteiger partial charge in [-0.1, -0.05) is 0 Å². The molecule has 0 aromatic carbocycles. The van der Waals surface area contributed by atoms with Crippen molar-refractivity contribution in [1.82, 2.24) is 24.3 Å². The molecule has 2 aliphatic heterocycles. The van der Waals surface area contributed by atoms with Gasteiger partial charge in [0.2, 0.25) is 5.78 Å². The zero-order chi connectivity index (χ0) is 8.67. The molecule has 1 aromatic rings. The minimum atomic E-state index is 0.635. The third-order valence-electron chi connectivity index (χ3n) is 1.83. The first-order chi connectivity index (χ1) is 6.43. The fourth-order valence-electron chi connectivity index (χ4n) is 1.23. The molecule has 3 rings (SSSR count). The molecule has 0 bridgehead atoms. The smallest absolute Gasteiger partial charge is 0.235 e. The van der Waals surface area contributed by atoms with Gasteiger partial charge in [0, 0.05) is 18.6 Å². The SMILES string of the molecule is c1cnc2nc3ncnc-3cn2c1. The largest absolute Gasteiger partial charge is 0.290 e. The van der Waals surface area contributed by atoms with Crippen molar-refractivity contribution in [3.63, 3.8) is 0 Å². The van der Waals surface area contributed by atoms with E-state index >= 15 is 0 Å². The molecule has 3 heterocycles. The van der Waals surface area contributed by atoms with Crippen LogP contribution in [0.2, 0.25) is 0 Å². The average molecular weight is 171 g/mol. The van der Waals surface area contributed by atoms with E-state index in [-0.39, 0.29) is 0 Å². The quantitative estimate of drug-likeness (QED) is 0.497. The Kier molecular flexibility index (Phi) is 1.11. The van der Waals surface area contributed by atoms with Crippen LogP contribution in [0, 0.1) is 0 Å². The summed E-state index contributed by atoms with van der Waals surface area (Å²) in [5.41, 5.74) is 0.783. The lowest BCUT2D eigenvalue weighted by molar-refractivity contribution is 1.02. The van der Waals surface area contributed by atoms with Crippen LogP contribution >= 0.6 is 0 Å². The number of rotatable bonds is 0. The number of hydrogen-bond acceptors (Lipinski definition) is 4. The molecule has 0 amide bonds. The molecule has 0 aliphatic carbocycles. The summed E-state index contributed by atoms with van der Waals surface area (Å²) in [6.45, 7) is 0. The Hall–Kier alpha value is -2.04. The van der Waals surface area contributed by atoms with E-state index in [1.165, 1.54) is 6.33 Å². The van der Waals surface area contributed by atoms with E-state index in [0.717, 1.165) is 5.69 Å². The van der Waals surface area contributed by atoms with Crippen LogP contribution in [0.4, 0.5) is 0 Å². The molecule has 0 radical (unpaired) electrons. The second kappa shape index (κ2) is 2.22. The van der Waals surface area contributed by atoms with E-state index in [2.05, 4.69) is 19.9 Å². The molecule has 0 saturated carbocycles. The highest BCUT2D eigenvalue weighted by molar-refractivity contribution is 5.52. The van der Waals surface area contributed by atoms with E-state index < -0.39 is 0 Å². The highest BCUT2D eigenvalue weighted by Crippen LogP contribution is 2.13. The number of nitrogens with zero attached hydrogens (tertiary/aromatic N) is 5. The van der Waals surface area contributed by atoms with E-state index in [4.69, 9.17) is 0 Å². The van der Waals surface area contributed by atoms with E-state index in [0.29, 0.717) is 11.6 Å². The van der Waals surface area contributed by atoms with Gasteiger partial charge in [0.15, 0.2) is 5.82 Å². The number of hydrogen-bond donors (Lipinski definition) is 0. The van der Waals surface area contributed by atoms with Gasteiger partial charge in [-0.15, -0.1) is 0 Å². The zero-order valence-electron chi connectivity index (χ0n) is 6.62. The Labute approximate surface area is 73.5 Å². The summed E-state index contributed by atoms with van der Waals surface area (Å²) >= 11 is 0. The van der Waals surface area contributed by atoms with Crippen LogP contribution in [0.3, 0.4) is 0 Å². The van der Waals surface area contributed by atoms with Crippen molar-refractivity contribution in [2.45, 2.75) is 0 Å². The van der Waals surface area contributed by atoms with Gasteiger partial charge in [0.05, 0.1) is 0 Å². The summed E-state index contributed by atoms with van der Waals surface area (Å²) in [4.78, 5) is 16.4. The monoisotopic (exact) mass is 171 g/mol. The Morgan fingerprint density at radius 3 is 3.15 bits per heavy atom. The topological polar surface area (TPSA) is 56.0 Å². The highest BCUT2D eigenvalue weighted by Gasteiger charge is 2.07. The third-order valence-corrected chi connectivity index (χ3v) is 1.83. The van der Waals surface area contributed by atoms with Gasteiger partial charge in [-0.2, -0.15) is 4.98 Å². The summed E-state index contributed by atoms with van der Waals surface area (Å²) in [5.74, 6) is 1.27. The molecule has 0 unspecified atom stereocenters. The number of fused-ring (bicyclic) bond motifs is 2. The lowest BCUT2D eigenvalue weighted by atomic mass is 10.4. The van der Waals surface area contributed by atoms with E-state index in [1.54, 1.807) is 6.20 Å². The van der Waals surface area contributed by atoms with E-state index in [1.807, 2.05) is 22.9 Å². The Bertz CT molecular complexity index is 482. The first kappa shape index (κ1) is 6.47. The van der Waals surface area contributed by atoms with Crippen molar-refractivity contribution in [2.75, 3.05) is 0 Å². The van der Waals surface area contributed by atoms with Gasteiger partial charge in [0.25, 0.3) is 0 Å². The lowest BCUT2D eigenvalue weighted by Gasteiger charge is -2.00. The molecular formula is C8H5N5. The van der Waals surface area contributed by atoms with E-state index in [9.17, 15) is 0 Å². The maximum atomic E-state index is 4.22. The fourth-order valence-corrected chi connectivity index (χ4v) is 1.23. The van der Waals surface area contributed by atoms with Gasteiger partial charge in [-0.05, 0) is 6.07 Å². The number of imidazole rings is 1. The predicted octanol–water partition coefficient (Wildman–Crippen LogP) is 0.624.